The normalized spacial score (nSPS) is 16.6. The molecule has 0 N–H and O–H groups in total. The number of Topliss-reactive ketones (excluding diaryl/α,β-unsaturated/α-hetero) is 1. The topological polar surface area (TPSA) is 54.5 Å². The van der Waals surface area contributed by atoms with Crippen molar-refractivity contribution in [2.24, 2.45) is 10.8 Å². The van der Waals surface area contributed by atoms with E-state index in [1.165, 1.54) is 17.1 Å². The Morgan fingerprint density at radius 3 is 1.82 bits per heavy atom. The summed E-state index contributed by atoms with van der Waals surface area (Å²) in [5.41, 5.74) is -1.70. The van der Waals surface area contributed by atoms with Crippen molar-refractivity contribution in [3.05, 3.63) is 12.2 Å². The lowest BCUT2D eigenvalue weighted by molar-refractivity contribution is -0.147. The third kappa shape index (κ3) is 3.65. The van der Waals surface area contributed by atoms with Crippen LogP contribution in [-0.4, -0.2) is 28.0 Å². The second-order valence-corrected chi connectivity index (χ2v) is 8.18. The summed E-state index contributed by atoms with van der Waals surface area (Å²) < 4.78 is 0. The van der Waals surface area contributed by atoms with Gasteiger partial charge in [0.25, 0.3) is 11.8 Å². The zero-order chi connectivity index (χ0) is 17.3. The molecule has 0 unspecified atom stereocenters. The van der Waals surface area contributed by atoms with E-state index >= 15 is 0 Å². The summed E-state index contributed by atoms with van der Waals surface area (Å²) in [6.45, 7) is 13.5. The van der Waals surface area contributed by atoms with Crippen LogP contribution in [0, 0.1) is 10.8 Å². The van der Waals surface area contributed by atoms with Crippen LogP contribution in [0.5, 0.6) is 0 Å². The molecule has 4 heteroatoms. The highest BCUT2D eigenvalue weighted by atomic mass is 16.2. The van der Waals surface area contributed by atoms with Gasteiger partial charge in [-0.25, -0.2) is 0 Å². The first-order valence-corrected chi connectivity index (χ1v) is 7.96. The van der Waals surface area contributed by atoms with Crippen LogP contribution in [0.4, 0.5) is 0 Å². The van der Waals surface area contributed by atoms with Gasteiger partial charge in [-0.15, -0.1) is 0 Å². The van der Waals surface area contributed by atoms with E-state index in [2.05, 4.69) is 6.92 Å². The van der Waals surface area contributed by atoms with Crippen molar-refractivity contribution in [1.82, 2.24) is 4.90 Å². The molecule has 2 amide bonds. The number of rotatable bonds is 7. The predicted molar refractivity (Wildman–Crippen MR) is 87.2 cm³/mol. The molecule has 22 heavy (non-hydrogen) atoms. The van der Waals surface area contributed by atoms with Gasteiger partial charge in [0.05, 0.1) is 0 Å². The average molecular weight is 307 g/mol. The smallest absolute Gasteiger partial charge is 0.254 e. The van der Waals surface area contributed by atoms with Crippen LogP contribution in [0.25, 0.3) is 0 Å². The maximum atomic E-state index is 12.9. The van der Waals surface area contributed by atoms with E-state index in [9.17, 15) is 14.4 Å². The lowest BCUT2D eigenvalue weighted by atomic mass is 9.67. The van der Waals surface area contributed by atoms with Gasteiger partial charge in [0.1, 0.15) is 5.78 Å². The number of carbonyl (C=O) groups is 3. The van der Waals surface area contributed by atoms with E-state index in [1.54, 1.807) is 0 Å². The molecule has 0 fully saturated rings. The standard InChI is InChI=1S/C18H29NO3/c1-8-11-16(2,3)15(22)17(4,5)12-18(6,7)19-13(20)9-10-14(19)21/h9-10H,8,11-12H2,1-7H3. The molecule has 1 aliphatic heterocycles. The van der Waals surface area contributed by atoms with Crippen molar-refractivity contribution in [1.29, 1.82) is 0 Å². The predicted octanol–water partition coefficient (Wildman–Crippen LogP) is 3.50. The molecule has 0 bridgehead atoms. The molecule has 0 aromatic carbocycles. The molecular formula is C18H29NO3. The second kappa shape index (κ2) is 5.98. The molecule has 0 saturated heterocycles. The van der Waals surface area contributed by atoms with Crippen LogP contribution in [-0.2, 0) is 14.4 Å². The Hall–Kier alpha value is -1.45. The van der Waals surface area contributed by atoms with Crippen LogP contribution in [0.1, 0.15) is 67.7 Å². The Kier molecular flexibility index (Phi) is 5.05. The number of ketones is 1. The molecule has 0 aliphatic carbocycles. The fraction of sp³-hybridized carbons (Fsp3) is 0.722. The van der Waals surface area contributed by atoms with E-state index in [0.717, 1.165) is 12.8 Å². The SMILES string of the molecule is CCCC(C)(C)C(=O)C(C)(C)CC(C)(C)N1C(=O)C=CC1=O. The van der Waals surface area contributed by atoms with Gasteiger partial charge < -0.3 is 0 Å². The van der Waals surface area contributed by atoms with Crippen molar-refractivity contribution < 1.29 is 14.4 Å². The molecule has 0 saturated carbocycles. The largest absolute Gasteiger partial charge is 0.299 e. The average Bonchev–Trinajstić information content (AvgIpc) is 2.67. The van der Waals surface area contributed by atoms with Gasteiger partial charge in [-0.2, -0.15) is 0 Å². The van der Waals surface area contributed by atoms with Crippen molar-refractivity contribution >= 4 is 17.6 Å². The lowest BCUT2D eigenvalue weighted by Gasteiger charge is -2.42. The van der Waals surface area contributed by atoms with Crippen molar-refractivity contribution in [3.8, 4) is 0 Å². The zero-order valence-corrected chi connectivity index (χ0v) is 14.9. The quantitative estimate of drug-likeness (QED) is 0.676. The van der Waals surface area contributed by atoms with E-state index in [4.69, 9.17) is 0 Å². The molecular weight excluding hydrogens is 278 g/mol. The highest BCUT2D eigenvalue weighted by Gasteiger charge is 2.46. The molecule has 124 valence electrons. The highest BCUT2D eigenvalue weighted by molar-refractivity contribution is 6.13. The molecule has 0 atom stereocenters. The van der Waals surface area contributed by atoms with Crippen molar-refractivity contribution in [3.63, 3.8) is 0 Å². The maximum Gasteiger partial charge on any atom is 0.254 e. The van der Waals surface area contributed by atoms with E-state index in [-0.39, 0.29) is 17.6 Å². The highest BCUT2D eigenvalue weighted by Crippen LogP contribution is 2.40. The second-order valence-electron chi connectivity index (χ2n) is 8.18. The Balaban J connectivity index is 2.98. The van der Waals surface area contributed by atoms with Crippen LogP contribution < -0.4 is 0 Å². The van der Waals surface area contributed by atoms with Gasteiger partial charge in [0.15, 0.2) is 0 Å². The number of nitrogens with zero attached hydrogens (tertiary/aromatic N) is 1. The minimum Gasteiger partial charge on any atom is -0.299 e. The summed E-state index contributed by atoms with van der Waals surface area (Å²) in [7, 11) is 0. The van der Waals surface area contributed by atoms with Gasteiger partial charge in [-0.1, -0.05) is 41.0 Å². The summed E-state index contributed by atoms with van der Waals surface area (Å²) in [4.78, 5) is 38.0. The third-order valence-corrected chi connectivity index (χ3v) is 4.39. The first-order chi connectivity index (χ1) is 9.85. The summed E-state index contributed by atoms with van der Waals surface area (Å²) in [6.07, 6.45) is 4.81. The fourth-order valence-electron chi connectivity index (χ4n) is 3.89. The summed E-state index contributed by atoms with van der Waals surface area (Å²) in [5.74, 6) is -0.417. The van der Waals surface area contributed by atoms with E-state index in [0.29, 0.717) is 6.42 Å². The van der Waals surface area contributed by atoms with Crippen molar-refractivity contribution in [2.75, 3.05) is 0 Å². The molecule has 1 aliphatic rings. The number of hydrogen-bond acceptors (Lipinski definition) is 3. The lowest BCUT2D eigenvalue weighted by Crippen LogP contribution is -2.52. The molecule has 0 aromatic rings. The number of hydrogen-bond donors (Lipinski definition) is 0. The van der Waals surface area contributed by atoms with Crippen LogP contribution in [0.2, 0.25) is 0 Å². The van der Waals surface area contributed by atoms with Crippen molar-refractivity contribution in [2.45, 2.75) is 73.3 Å². The zero-order valence-electron chi connectivity index (χ0n) is 14.9. The molecule has 4 nitrogen and oxygen atoms in total. The molecule has 0 spiro atoms. The van der Waals surface area contributed by atoms with Gasteiger partial charge in [-0.05, 0) is 26.7 Å². The van der Waals surface area contributed by atoms with Crippen LogP contribution >= 0.6 is 0 Å². The fourth-order valence-corrected chi connectivity index (χ4v) is 3.89. The number of amides is 2. The van der Waals surface area contributed by atoms with Crippen LogP contribution in [0.15, 0.2) is 12.2 Å². The monoisotopic (exact) mass is 307 g/mol. The van der Waals surface area contributed by atoms with Gasteiger partial charge in [0, 0.05) is 28.5 Å². The first-order valence-electron chi connectivity index (χ1n) is 7.96. The number of imide groups is 1. The summed E-state index contributed by atoms with van der Waals surface area (Å²) in [6, 6.07) is 0. The van der Waals surface area contributed by atoms with Gasteiger partial charge in [0.2, 0.25) is 0 Å². The van der Waals surface area contributed by atoms with E-state index < -0.39 is 16.4 Å². The minimum atomic E-state index is -0.695. The summed E-state index contributed by atoms with van der Waals surface area (Å²) in [5, 5.41) is 0. The molecule has 1 heterocycles. The molecule has 0 radical (unpaired) electrons. The Labute approximate surface area is 133 Å². The van der Waals surface area contributed by atoms with Gasteiger partial charge >= 0.3 is 0 Å². The Morgan fingerprint density at radius 1 is 0.955 bits per heavy atom. The minimum absolute atomic E-state index is 0.182. The van der Waals surface area contributed by atoms with Crippen LogP contribution in [0.3, 0.4) is 0 Å². The van der Waals surface area contributed by atoms with Gasteiger partial charge in [-0.3, -0.25) is 19.3 Å². The molecule has 1 rings (SSSR count). The Bertz CT molecular complexity index is 494. The third-order valence-electron chi connectivity index (χ3n) is 4.39. The number of carbonyl (C=O) groups excluding carboxylic acids is 3. The Morgan fingerprint density at radius 2 is 1.41 bits per heavy atom. The maximum absolute atomic E-state index is 12.9. The summed E-state index contributed by atoms with van der Waals surface area (Å²) >= 11 is 0. The molecule has 0 aromatic heterocycles. The van der Waals surface area contributed by atoms with E-state index in [1.807, 2.05) is 41.5 Å². The first kappa shape index (κ1) is 18.6.